The number of para-hydroxylation sites is 1. The van der Waals surface area contributed by atoms with Gasteiger partial charge >= 0.3 is 0 Å². The van der Waals surface area contributed by atoms with Gasteiger partial charge in [-0.05, 0) is 31.4 Å². The van der Waals surface area contributed by atoms with Crippen LogP contribution in [-0.4, -0.2) is 55.8 Å². The van der Waals surface area contributed by atoms with Gasteiger partial charge in [0.2, 0.25) is 5.91 Å². The molecule has 2 fully saturated rings. The molecule has 1 aromatic carbocycles. The summed E-state index contributed by atoms with van der Waals surface area (Å²) in [6.45, 7) is 4.73. The van der Waals surface area contributed by atoms with Crippen LogP contribution in [0.5, 0.6) is 5.75 Å². The van der Waals surface area contributed by atoms with Crippen LogP contribution < -0.4 is 10.1 Å². The van der Waals surface area contributed by atoms with Crippen molar-refractivity contribution in [2.45, 2.75) is 24.9 Å². The van der Waals surface area contributed by atoms with E-state index >= 15 is 0 Å². The molecule has 0 bridgehead atoms. The summed E-state index contributed by atoms with van der Waals surface area (Å²) in [6, 6.07) is 9.94. The van der Waals surface area contributed by atoms with Gasteiger partial charge in [0.05, 0.1) is 12.2 Å². The Kier molecular flexibility index (Phi) is 4.95. The third-order valence-corrected chi connectivity index (χ3v) is 4.52. The van der Waals surface area contributed by atoms with Crippen LogP contribution in [0.4, 0.5) is 0 Å². The van der Waals surface area contributed by atoms with Gasteiger partial charge in [0.15, 0.2) is 0 Å². The average Bonchev–Trinajstić information content (AvgIpc) is 2.57. The fraction of sp³-hybridized carbons (Fsp3) is 0.588. The molecule has 22 heavy (non-hydrogen) atoms. The summed E-state index contributed by atoms with van der Waals surface area (Å²) in [5, 5.41) is 2.93. The molecule has 5 nitrogen and oxygen atoms in total. The molecule has 120 valence electrons. The Morgan fingerprint density at radius 2 is 2.00 bits per heavy atom. The Balaban J connectivity index is 1.33. The average molecular weight is 304 g/mol. The van der Waals surface area contributed by atoms with Crippen LogP contribution in [0.15, 0.2) is 30.3 Å². The van der Waals surface area contributed by atoms with Gasteiger partial charge < -0.3 is 19.7 Å². The second-order valence-corrected chi connectivity index (χ2v) is 6.11. The normalized spacial score (nSPS) is 21.5. The second kappa shape index (κ2) is 7.11. The number of piperidine rings is 1. The number of ether oxygens (including phenoxy) is 2. The highest BCUT2D eigenvalue weighted by Crippen LogP contribution is 2.27. The second-order valence-electron chi connectivity index (χ2n) is 6.11. The van der Waals surface area contributed by atoms with E-state index in [2.05, 4.69) is 10.2 Å². The number of nitrogens with one attached hydrogen (secondary N) is 1. The number of nitrogens with zero attached hydrogens (tertiary/aromatic N) is 1. The molecule has 0 aromatic heterocycles. The van der Waals surface area contributed by atoms with Gasteiger partial charge in [0.25, 0.3) is 0 Å². The van der Waals surface area contributed by atoms with Gasteiger partial charge in [-0.3, -0.25) is 4.79 Å². The summed E-state index contributed by atoms with van der Waals surface area (Å²) in [7, 11) is 0. The number of amides is 1. The summed E-state index contributed by atoms with van der Waals surface area (Å²) < 4.78 is 11.5. The molecule has 2 aliphatic rings. The van der Waals surface area contributed by atoms with E-state index < -0.39 is 0 Å². The van der Waals surface area contributed by atoms with Crippen molar-refractivity contribution in [2.24, 2.45) is 0 Å². The van der Waals surface area contributed by atoms with Gasteiger partial charge in [0, 0.05) is 26.2 Å². The van der Waals surface area contributed by atoms with Crippen LogP contribution in [0.2, 0.25) is 0 Å². The molecule has 1 N–H and O–H groups in total. The first-order valence-corrected chi connectivity index (χ1v) is 8.07. The lowest BCUT2D eigenvalue weighted by molar-refractivity contribution is -0.150. The standard InChI is InChI=1S/C17H24N2O3/c20-16-13-22-17(14-18-16)7-10-19(11-8-17)9-4-12-21-15-5-2-1-3-6-15/h1-3,5-6H,4,7-14H2,(H,18,20). The maximum atomic E-state index is 11.2. The van der Waals surface area contributed by atoms with Crippen LogP contribution in [0.25, 0.3) is 0 Å². The molecule has 2 aliphatic heterocycles. The maximum Gasteiger partial charge on any atom is 0.246 e. The first-order valence-electron chi connectivity index (χ1n) is 8.07. The largest absolute Gasteiger partial charge is 0.494 e. The lowest BCUT2D eigenvalue weighted by Crippen LogP contribution is -2.57. The van der Waals surface area contributed by atoms with Crippen molar-refractivity contribution < 1.29 is 14.3 Å². The van der Waals surface area contributed by atoms with E-state index in [9.17, 15) is 4.79 Å². The molecule has 0 radical (unpaired) electrons. The molecule has 0 aliphatic carbocycles. The minimum Gasteiger partial charge on any atom is -0.494 e. The summed E-state index contributed by atoms with van der Waals surface area (Å²) in [4.78, 5) is 13.6. The number of rotatable bonds is 5. The van der Waals surface area contributed by atoms with Crippen LogP contribution in [0.1, 0.15) is 19.3 Å². The van der Waals surface area contributed by atoms with Crippen molar-refractivity contribution in [1.82, 2.24) is 10.2 Å². The Labute approximate surface area is 131 Å². The number of hydrogen-bond donors (Lipinski definition) is 1. The van der Waals surface area contributed by atoms with E-state index in [1.807, 2.05) is 30.3 Å². The van der Waals surface area contributed by atoms with Gasteiger partial charge in [-0.2, -0.15) is 0 Å². The predicted molar refractivity (Wildman–Crippen MR) is 83.9 cm³/mol. The number of hydrogen-bond acceptors (Lipinski definition) is 4. The minimum absolute atomic E-state index is 0.00566. The molecule has 0 saturated carbocycles. The number of likely N-dealkylation sites (tertiary alicyclic amines) is 1. The van der Waals surface area contributed by atoms with Crippen molar-refractivity contribution in [3.63, 3.8) is 0 Å². The Morgan fingerprint density at radius 3 is 2.68 bits per heavy atom. The first kappa shape index (κ1) is 15.3. The molecule has 5 heteroatoms. The van der Waals surface area contributed by atoms with Crippen LogP contribution in [-0.2, 0) is 9.53 Å². The van der Waals surface area contributed by atoms with Crippen LogP contribution >= 0.6 is 0 Å². The lowest BCUT2D eigenvalue weighted by atomic mass is 9.90. The highest BCUT2D eigenvalue weighted by atomic mass is 16.5. The summed E-state index contributed by atoms with van der Waals surface area (Å²) in [6.07, 6.45) is 3.01. The molecule has 2 saturated heterocycles. The van der Waals surface area contributed by atoms with Crippen molar-refractivity contribution in [1.29, 1.82) is 0 Å². The predicted octanol–water partition coefficient (Wildman–Crippen LogP) is 1.44. The third-order valence-electron chi connectivity index (χ3n) is 4.52. The summed E-state index contributed by atoms with van der Waals surface area (Å²) in [5.74, 6) is 0.942. The molecule has 0 unspecified atom stereocenters. The zero-order valence-corrected chi connectivity index (χ0v) is 12.9. The van der Waals surface area contributed by atoms with Crippen molar-refractivity contribution in [3.8, 4) is 5.75 Å². The topological polar surface area (TPSA) is 50.8 Å². The SMILES string of the molecule is O=C1COC2(CCN(CCCOc3ccccc3)CC2)CN1. The molecule has 1 spiro atoms. The molecule has 3 rings (SSSR count). The molecule has 0 atom stereocenters. The summed E-state index contributed by atoms with van der Waals surface area (Å²) in [5.41, 5.74) is -0.120. The molecular formula is C17H24N2O3. The minimum atomic E-state index is -0.120. The third kappa shape index (κ3) is 3.99. The van der Waals surface area contributed by atoms with Gasteiger partial charge in [-0.1, -0.05) is 18.2 Å². The Morgan fingerprint density at radius 1 is 1.23 bits per heavy atom. The smallest absolute Gasteiger partial charge is 0.246 e. The zero-order valence-electron chi connectivity index (χ0n) is 12.9. The number of morpholine rings is 1. The van der Waals surface area contributed by atoms with E-state index in [1.165, 1.54) is 0 Å². The van der Waals surface area contributed by atoms with Gasteiger partial charge in [-0.25, -0.2) is 0 Å². The number of benzene rings is 1. The van der Waals surface area contributed by atoms with E-state index in [0.29, 0.717) is 6.54 Å². The van der Waals surface area contributed by atoms with Crippen molar-refractivity contribution >= 4 is 5.91 Å². The molecule has 1 aromatic rings. The fourth-order valence-corrected chi connectivity index (χ4v) is 3.08. The number of carbonyl (C=O) groups excluding carboxylic acids is 1. The molecule has 1 amide bonds. The van der Waals surface area contributed by atoms with E-state index in [0.717, 1.165) is 51.3 Å². The van der Waals surface area contributed by atoms with Crippen LogP contribution in [0, 0.1) is 0 Å². The summed E-state index contributed by atoms with van der Waals surface area (Å²) >= 11 is 0. The maximum absolute atomic E-state index is 11.2. The quantitative estimate of drug-likeness (QED) is 0.836. The van der Waals surface area contributed by atoms with Gasteiger partial charge in [-0.15, -0.1) is 0 Å². The molecule has 2 heterocycles. The van der Waals surface area contributed by atoms with E-state index in [1.54, 1.807) is 0 Å². The van der Waals surface area contributed by atoms with Crippen LogP contribution in [0.3, 0.4) is 0 Å². The van der Waals surface area contributed by atoms with Crippen molar-refractivity contribution in [3.05, 3.63) is 30.3 Å². The first-order chi connectivity index (χ1) is 10.8. The zero-order chi connectivity index (χ0) is 15.3. The fourth-order valence-electron chi connectivity index (χ4n) is 3.08. The van der Waals surface area contributed by atoms with E-state index in [4.69, 9.17) is 9.47 Å². The number of carbonyl (C=O) groups is 1. The Hall–Kier alpha value is -1.59. The highest BCUT2D eigenvalue weighted by Gasteiger charge is 2.38. The monoisotopic (exact) mass is 304 g/mol. The lowest BCUT2D eigenvalue weighted by Gasteiger charge is -2.43. The van der Waals surface area contributed by atoms with Crippen molar-refractivity contribution in [2.75, 3.05) is 39.4 Å². The molecular weight excluding hydrogens is 280 g/mol. The highest BCUT2D eigenvalue weighted by molar-refractivity contribution is 5.78. The van der Waals surface area contributed by atoms with E-state index in [-0.39, 0.29) is 18.1 Å². The Bertz CT molecular complexity index is 472. The van der Waals surface area contributed by atoms with Gasteiger partial charge in [0.1, 0.15) is 12.4 Å².